The van der Waals surface area contributed by atoms with E-state index in [-0.39, 0.29) is 19.4 Å². The molecule has 0 aliphatic rings. The second kappa shape index (κ2) is 15.2. The van der Waals surface area contributed by atoms with Crippen molar-refractivity contribution in [3.63, 3.8) is 0 Å². The highest BCUT2D eigenvalue weighted by Gasteiger charge is 2.26. The summed E-state index contributed by atoms with van der Waals surface area (Å²) < 4.78 is 0. The Morgan fingerprint density at radius 2 is 1.91 bits per heavy atom. The molecule has 1 aromatic rings. The van der Waals surface area contributed by atoms with Crippen molar-refractivity contribution in [1.82, 2.24) is 25.9 Å². The first kappa shape index (κ1) is 27.4. The highest BCUT2D eigenvalue weighted by molar-refractivity contribution is 7.98. The molecular formula is C19H33N7O5S. The van der Waals surface area contributed by atoms with Crippen LogP contribution in [0.2, 0.25) is 0 Å². The van der Waals surface area contributed by atoms with E-state index in [9.17, 15) is 24.3 Å². The van der Waals surface area contributed by atoms with Crippen LogP contribution in [-0.2, 0) is 25.6 Å². The molecule has 0 bridgehead atoms. The topological polar surface area (TPSA) is 205 Å². The third-order valence-electron chi connectivity index (χ3n) is 4.58. The smallest absolute Gasteiger partial charge is 0.326 e. The van der Waals surface area contributed by atoms with Gasteiger partial charge >= 0.3 is 5.97 Å². The molecule has 0 radical (unpaired) electrons. The standard InChI is InChI=1S/C19H33N7O5S/c1-32-7-5-14(18(29)26-15(19(30)31)4-2-3-6-20)25-16(27)10-23-17(28)13(21)8-12-9-22-11-24-12/h9,11,13-15H,2-8,10,20-21H2,1H3,(H,22,24)(H,23,28)(H,25,27)(H,26,29)(H,30,31). The largest absolute Gasteiger partial charge is 0.480 e. The zero-order chi connectivity index (χ0) is 23.9. The van der Waals surface area contributed by atoms with Gasteiger partial charge in [0.25, 0.3) is 0 Å². The average molecular weight is 472 g/mol. The number of H-pyrrole nitrogens is 1. The monoisotopic (exact) mass is 471 g/mol. The Morgan fingerprint density at radius 1 is 1.16 bits per heavy atom. The van der Waals surface area contributed by atoms with Gasteiger partial charge in [0.15, 0.2) is 0 Å². The fourth-order valence-electron chi connectivity index (χ4n) is 2.80. The van der Waals surface area contributed by atoms with Crippen LogP contribution < -0.4 is 27.4 Å². The Hall–Kier alpha value is -2.64. The number of nitrogens with two attached hydrogens (primary N) is 2. The van der Waals surface area contributed by atoms with Gasteiger partial charge in [0.05, 0.1) is 18.9 Å². The molecule has 0 fully saturated rings. The molecule has 9 N–H and O–H groups in total. The van der Waals surface area contributed by atoms with E-state index in [1.165, 1.54) is 18.1 Å². The first-order chi connectivity index (χ1) is 15.3. The van der Waals surface area contributed by atoms with Crippen molar-refractivity contribution in [3.8, 4) is 0 Å². The van der Waals surface area contributed by atoms with Crippen LogP contribution in [0.25, 0.3) is 0 Å². The van der Waals surface area contributed by atoms with Gasteiger partial charge in [0, 0.05) is 18.3 Å². The highest BCUT2D eigenvalue weighted by atomic mass is 32.2. The summed E-state index contributed by atoms with van der Waals surface area (Å²) in [7, 11) is 0. The lowest BCUT2D eigenvalue weighted by molar-refractivity contribution is -0.142. The summed E-state index contributed by atoms with van der Waals surface area (Å²) in [6.07, 6.45) is 6.86. The normalized spacial score (nSPS) is 13.6. The van der Waals surface area contributed by atoms with Crippen LogP contribution >= 0.6 is 11.8 Å². The molecule has 3 unspecified atom stereocenters. The zero-order valence-corrected chi connectivity index (χ0v) is 19.0. The van der Waals surface area contributed by atoms with Gasteiger partial charge in [-0.25, -0.2) is 9.78 Å². The quantitative estimate of drug-likeness (QED) is 0.137. The van der Waals surface area contributed by atoms with Crippen molar-refractivity contribution in [2.24, 2.45) is 11.5 Å². The first-order valence-electron chi connectivity index (χ1n) is 10.3. The van der Waals surface area contributed by atoms with Gasteiger partial charge in [0.1, 0.15) is 12.1 Å². The second-order valence-electron chi connectivity index (χ2n) is 7.19. The lowest BCUT2D eigenvalue weighted by Crippen LogP contribution is -2.54. The summed E-state index contributed by atoms with van der Waals surface area (Å²) in [5.74, 6) is -2.27. The number of amides is 3. The van der Waals surface area contributed by atoms with Gasteiger partial charge in [-0.05, 0) is 44.2 Å². The second-order valence-corrected chi connectivity index (χ2v) is 8.18. The van der Waals surface area contributed by atoms with Crippen molar-refractivity contribution in [3.05, 3.63) is 18.2 Å². The van der Waals surface area contributed by atoms with Crippen molar-refractivity contribution in [1.29, 1.82) is 0 Å². The number of rotatable bonds is 16. The van der Waals surface area contributed by atoms with E-state index in [4.69, 9.17) is 11.5 Å². The van der Waals surface area contributed by atoms with Crippen molar-refractivity contribution < 1.29 is 24.3 Å². The van der Waals surface area contributed by atoms with Crippen molar-refractivity contribution in [2.45, 2.75) is 50.2 Å². The molecule has 0 saturated heterocycles. The van der Waals surface area contributed by atoms with Crippen LogP contribution in [0.5, 0.6) is 0 Å². The number of thioether (sulfide) groups is 1. The van der Waals surface area contributed by atoms with Gasteiger partial charge in [0.2, 0.25) is 17.7 Å². The summed E-state index contributed by atoms with van der Waals surface area (Å²) >= 11 is 1.48. The fraction of sp³-hybridized carbons (Fsp3) is 0.632. The van der Waals surface area contributed by atoms with E-state index >= 15 is 0 Å². The molecule has 0 aromatic carbocycles. The Kier molecular flexibility index (Phi) is 13.0. The molecule has 0 saturated carbocycles. The molecule has 12 nitrogen and oxygen atoms in total. The SMILES string of the molecule is CSCCC(NC(=O)CNC(=O)C(N)Cc1cnc[nH]1)C(=O)NC(CCCCN)C(=O)O. The predicted molar refractivity (Wildman–Crippen MR) is 121 cm³/mol. The Balaban J connectivity index is 2.58. The molecule has 3 amide bonds. The van der Waals surface area contributed by atoms with Gasteiger partial charge in [-0.2, -0.15) is 11.8 Å². The highest BCUT2D eigenvalue weighted by Crippen LogP contribution is 2.05. The number of carbonyl (C=O) groups is 4. The van der Waals surface area contributed by atoms with Crippen molar-refractivity contribution in [2.75, 3.05) is 25.1 Å². The van der Waals surface area contributed by atoms with Crippen LogP contribution in [-0.4, -0.2) is 82.0 Å². The number of nitrogens with zero attached hydrogens (tertiary/aromatic N) is 1. The van der Waals surface area contributed by atoms with Gasteiger partial charge < -0.3 is 37.5 Å². The molecule has 1 rings (SSSR count). The summed E-state index contributed by atoms with van der Waals surface area (Å²) in [5.41, 5.74) is 11.9. The minimum atomic E-state index is -1.15. The average Bonchev–Trinajstić information content (AvgIpc) is 3.26. The van der Waals surface area contributed by atoms with Gasteiger partial charge in [-0.3, -0.25) is 14.4 Å². The predicted octanol–water partition coefficient (Wildman–Crippen LogP) is -1.67. The summed E-state index contributed by atoms with van der Waals surface area (Å²) in [4.78, 5) is 55.1. The van der Waals surface area contributed by atoms with E-state index in [1.807, 2.05) is 6.26 Å². The number of unbranched alkanes of at least 4 members (excludes halogenated alkanes) is 1. The number of nitrogens with one attached hydrogen (secondary N) is 4. The molecule has 1 heterocycles. The number of aliphatic carboxylic acids is 1. The van der Waals surface area contributed by atoms with Crippen molar-refractivity contribution >= 4 is 35.5 Å². The number of aromatic nitrogens is 2. The van der Waals surface area contributed by atoms with E-state index in [2.05, 4.69) is 25.9 Å². The number of hydrogen-bond acceptors (Lipinski definition) is 8. The number of carboxylic acid groups (broad SMARTS) is 1. The number of imidazole rings is 1. The number of aromatic amines is 1. The Bertz CT molecular complexity index is 732. The van der Waals surface area contributed by atoms with Crippen LogP contribution in [0.1, 0.15) is 31.4 Å². The number of hydrogen-bond donors (Lipinski definition) is 7. The van der Waals surface area contributed by atoms with Gasteiger partial charge in [-0.15, -0.1) is 0 Å². The molecule has 0 aliphatic carbocycles. The minimum absolute atomic E-state index is 0.229. The zero-order valence-electron chi connectivity index (χ0n) is 18.1. The maximum atomic E-state index is 12.6. The van der Waals surface area contributed by atoms with E-state index in [0.29, 0.717) is 37.3 Å². The summed E-state index contributed by atoms with van der Waals surface area (Å²) in [6, 6.07) is -2.87. The third-order valence-corrected chi connectivity index (χ3v) is 5.22. The summed E-state index contributed by atoms with van der Waals surface area (Å²) in [5, 5.41) is 16.8. The van der Waals surface area contributed by atoms with Crippen LogP contribution in [0.15, 0.2) is 12.5 Å². The Morgan fingerprint density at radius 3 is 2.50 bits per heavy atom. The molecule has 3 atom stereocenters. The van der Waals surface area contributed by atoms with Gasteiger partial charge in [-0.1, -0.05) is 0 Å². The van der Waals surface area contributed by atoms with E-state index < -0.39 is 41.8 Å². The molecule has 13 heteroatoms. The van der Waals surface area contributed by atoms with E-state index in [1.54, 1.807) is 6.20 Å². The van der Waals surface area contributed by atoms with E-state index in [0.717, 1.165) is 0 Å². The maximum Gasteiger partial charge on any atom is 0.326 e. The van der Waals surface area contributed by atoms with Crippen LogP contribution in [0, 0.1) is 0 Å². The fourth-order valence-corrected chi connectivity index (χ4v) is 3.27. The molecule has 0 spiro atoms. The molecule has 180 valence electrons. The maximum absolute atomic E-state index is 12.6. The number of carboxylic acids is 1. The summed E-state index contributed by atoms with van der Waals surface area (Å²) in [6.45, 7) is 0.0708. The lowest BCUT2D eigenvalue weighted by atomic mass is 10.1. The molecule has 0 aliphatic heterocycles. The molecule has 1 aromatic heterocycles. The lowest BCUT2D eigenvalue weighted by Gasteiger charge is -2.21. The third kappa shape index (κ3) is 10.6. The minimum Gasteiger partial charge on any atom is -0.480 e. The van der Waals surface area contributed by atoms with Crippen LogP contribution in [0.4, 0.5) is 0 Å². The Labute approximate surface area is 191 Å². The molecule has 32 heavy (non-hydrogen) atoms. The van der Waals surface area contributed by atoms with Crippen LogP contribution in [0.3, 0.4) is 0 Å². The first-order valence-corrected chi connectivity index (χ1v) is 11.7. The molecular weight excluding hydrogens is 438 g/mol. The number of carbonyl (C=O) groups excluding carboxylic acids is 3.